The Labute approximate surface area is 189 Å². The molecule has 1 aliphatic rings. The number of carbonyl (C=O) groups is 2. The monoisotopic (exact) mass is 473 g/mol. The highest BCUT2D eigenvalue weighted by Gasteiger charge is 2.36. The van der Waals surface area contributed by atoms with E-state index in [-0.39, 0.29) is 37.8 Å². The number of para-hydroxylation sites is 2. The van der Waals surface area contributed by atoms with Gasteiger partial charge in [0, 0.05) is 6.54 Å². The maximum absolute atomic E-state index is 12.8. The van der Waals surface area contributed by atoms with Gasteiger partial charge in [-0.3, -0.25) is 9.69 Å². The van der Waals surface area contributed by atoms with Gasteiger partial charge in [-0.15, -0.1) is 12.4 Å². The molecule has 32 heavy (non-hydrogen) atoms. The maximum Gasteiger partial charge on any atom is 0.422 e. The third kappa shape index (κ3) is 6.59. The minimum Gasteiger partial charge on any atom is -0.439 e. The fourth-order valence-electron chi connectivity index (χ4n) is 3.16. The fraction of sp³-hybridized carbons (Fsp3) is 0.333. The summed E-state index contributed by atoms with van der Waals surface area (Å²) in [5.41, 5.74) is 7.50. The van der Waals surface area contributed by atoms with Gasteiger partial charge < -0.3 is 20.1 Å². The Morgan fingerprint density at radius 1 is 1.06 bits per heavy atom. The summed E-state index contributed by atoms with van der Waals surface area (Å²) in [5, 5.41) is 0. The highest BCUT2D eigenvalue weighted by atomic mass is 35.5. The molecular weight excluding hydrogens is 451 g/mol. The summed E-state index contributed by atoms with van der Waals surface area (Å²) in [6.07, 6.45) is -5.89. The van der Waals surface area contributed by atoms with E-state index < -0.39 is 30.8 Å². The predicted molar refractivity (Wildman–Crippen MR) is 115 cm³/mol. The molecule has 0 spiro atoms. The summed E-state index contributed by atoms with van der Waals surface area (Å²) >= 11 is 0. The molecule has 0 unspecified atom stereocenters. The van der Waals surface area contributed by atoms with Crippen LogP contribution in [0.2, 0.25) is 0 Å². The number of fused-ring (bicyclic) bond motifs is 1. The maximum atomic E-state index is 12.8. The van der Waals surface area contributed by atoms with Crippen LogP contribution in [0.25, 0.3) is 0 Å². The van der Waals surface area contributed by atoms with Crippen LogP contribution in [0.1, 0.15) is 5.56 Å². The minimum absolute atomic E-state index is 0. The molecule has 0 saturated carbocycles. The van der Waals surface area contributed by atoms with Crippen LogP contribution in [0.5, 0.6) is 0 Å². The molecule has 0 radical (unpaired) electrons. The van der Waals surface area contributed by atoms with Gasteiger partial charge in [-0.05, 0) is 17.7 Å². The molecule has 0 saturated heterocycles. The summed E-state index contributed by atoms with van der Waals surface area (Å²) in [4.78, 5) is 27.5. The quantitative estimate of drug-likeness (QED) is 0.649. The van der Waals surface area contributed by atoms with Crippen molar-refractivity contribution in [1.29, 1.82) is 0 Å². The van der Waals surface area contributed by atoms with E-state index in [1.165, 1.54) is 11.0 Å². The number of rotatable bonds is 6. The third-order valence-corrected chi connectivity index (χ3v) is 4.58. The van der Waals surface area contributed by atoms with Gasteiger partial charge in [-0.25, -0.2) is 4.79 Å². The number of alkyl halides is 3. The molecule has 1 aliphatic heterocycles. The molecule has 2 aromatic rings. The lowest BCUT2D eigenvalue weighted by Gasteiger charge is -2.25. The van der Waals surface area contributed by atoms with Gasteiger partial charge in [0.15, 0.2) is 6.61 Å². The highest BCUT2D eigenvalue weighted by Crippen LogP contribution is 2.33. The fourth-order valence-corrected chi connectivity index (χ4v) is 3.16. The lowest BCUT2D eigenvalue weighted by Crippen LogP contribution is -2.49. The number of nitrogens with two attached hydrogens (primary N) is 1. The second kappa shape index (κ2) is 11.2. The Morgan fingerprint density at radius 2 is 1.69 bits per heavy atom. The summed E-state index contributed by atoms with van der Waals surface area (Å²) in [6.45, 7) is -1.34. The van der Waals surface area contributed by atoms with E-state index in [2.05, 4.69) is 4.74 Å². The predicted octanol–water partition coefficient (Wildman–Crippen LogP) is 3.50. The van der Waals surface area contributed by atoms with Crippen LogP contribution < -0.4 is 15.5 Å². The number of halogens is 4. The number of carbonyl (C=O) groups excluding carboxylic acids is 2. The number of anilines is 2. The molecule has 174 valence electrons. The van der Waals surface area contributed by atoms with Gasteiger partial charge >= 0.3 is 12.3 Å². The van der Waals surface area contributed by atoms with Gasteiger partial charge in [-0.2, -0.15) is 13.2 Å². The molecule has 0 aliphatic carbocycles. The van der Waals surface area contributed by atoms with E-state index in [1.54, 1.807) is 18.2 Å². The normalized spacial score (nSPS) is 16.1. The molecule has 2 aromatic carbocycles. The average Bonchev–Trinajstić information content (AvgIpc) is 2.85. The average molecular weight is 474 g/mol. The summed E-state index contributed by atoms with van der Waals surface area (Å²) in [5.74, 6) is -0.470. The van der Waals surface area contributed by atoms with Gasteiger partial charge in [0.05, 0.1) is 31.1 Å². The standard InChI is InChI=1S/C21H22F3N3O4.ClH/c22-21(23,24)14-31-20(29)27-12-16(25)19(28)26(17-8-4-5-9-18(17)27)10-11-30-13-15-6-2-1-3-7-15;/h1-9,16H,10-14,25H2;1H/t16-;/m0./s1. The van der Waals surface area contributed by atoms with Crippen molar-refractivity contribution < 1.29 is 32.2 Å². The number of hydrogen-bond acceptors (Lipinski definition) is 5. The van der Waals surface area contributed by atoms with Crippen molar-refractivity contribution in [3.05, 3.63) is 60.2 Å². The number of benzene rings is 2. The van der Waals surface area contributed by atoms with Crippen molar-refractivity contribution in [3.63, 3.8) is 0 Å². The molecule has 1 heterocycles. The zero-order chi connectivity index (χ0) is 22.4. The second-order valence-corrected chi connectivity index (χ2v) is 6.90. The number of ether oxygens (including phenoxy) is 2. The van der Waals surface area contributed by atoms with Gasteiger partial charge in [0.25, 0.3) is 0 Å². The van der Waals surface area contributed by atoms with Gasteiger partial charge in [-0.1, -0.05) is 42.5 Å². The zero-order valence-corrected chi connectivity index (χ0v) is 17.8. The number of hydrogen-bond donors (Lipinski definition) is 1. The van der Waals surface area contributed by atoms with Crippen molar-refractivity contribution in [2.75, 3.05) is 36.1 Å². The Kier molecular flexibility index (Phi) is 8.88. The van der Waals surface area contributed by atoms with Crippen LogP contribution in [-0.2, 0) is 20.9 Å². The Balaban J connectivity index is 0.00000363. The molecule has 2 amide bonds. The Morgan fingerprint density at radius 3 is 2.34 bits per heavy atom. The lowest BCUT2D eigenvalue weighted by atomic mass is 10.2. The summed E-state index contributed by atoms with van der Waals surface area (Å²) < 4.78 is 47.4. The van der Waals surface area contributed by atoms with Crippen LogP contribution in [0.15, 0.2) is 54.6 Å². The first-order valence-electron chi connectivity index (χ1n) is 9.55. The first-order valence-corrected chi connectivity index (χ1v) is 9.55. The second-order valence-electron chi connectivity index (χ2n) is 6.90. The molecule has 1 atom stereocenters. The molecule has 11 heteroatoms. The zero-order valence-electron chi connectivity index (χ0n) is 17.0. The van der Waals surface area contributed by atoms with Crippen molar-refractivity contribution in [1.82, 2.24) is 0 Å². The van der Waals surface area contributed by atoms with E-state index in [1.807, 2.05) is 30.3 Å². The number of nitrogens with zero attached hydrogens (tertiary/aromatic N) is 2. The molecule has 7 nitrogen and oxygen atoms in total. The molecule has 3 rings (SSSR count). The highest BCUT2D eigenvalue weighted by molar-refractivity contribution is 6.05. The van der Waals surface area contributed by atoms with E-state index in [0.29, 0.717) is 12.3 Å². The minimum atomic E-state index is -4.67. The third-order valence-electron chi connectivity index (χ3n) is 4.58. The van der Waals surface area contributed by atoms with E-state index in [9.17, 15) is 22.8 Å². The van der Waals surface area contributed by atoms with Gasteiger partial charge in [0.2, 0.25) is 5.91 Å². The first-order chi connectivity index (χ1) is 14.8. The van der Waals surface area contributed by atoms with E-state index in [0.717, 1.165) is 10.5 Å². The van der Waals surface area contributed by atoms with Crippen LogP contribution in [0, 0.1) is 0 Å². The lowest BCUT2D eigenvalue weighted by molar-refractivity contribution is -0.159. The van der Waals surface area contributed by atoms with Crippen molar-refractivity contribution in [2.24, 2.45) is 5.73 Å². The summed E-state index contributed by atoms with van der Waals surface area (Å²) in [6, 6.07) is 14.7. The van der Waals surface area contributed by atoms with Crippen LogP contribution in [0.3, 0.4) is 0 Å². The Bertz CT molecular complexity index is 915. The van der Waals surface area contributed by atoms with Crippen molar-refractivity contribution in [2.45, 2.75) is 18.8 Å². The van der Waals surface area contributed by atoms with Crippen LogP contribution in [0.4, 0.5) is 29.3 Å². The summed E-state index contributed by atoms with van der Waals surface area (Å²) in [7, 11) is 0. The molecular formula is C21H23ClF3N3O4. The topological polar surface area (TPSA) is 85.1 Å². The SMILES string of the molecule is Cl.N[C@H]1CN(C(=O)OCC(F)(F)F)c2ccccc2N(CCOCc2ccccc2)C1=O. The van der Waals surface area contributed by atoms with Crippen LogP contribution >= 0.6 is 12.4 Å². The first kappa shape index (κ1) is 25.4. The van der Waals surface area contributed by atoms with Crippen molar-refractivity contribution >= 4 is 35.8 Å². The largest absolute Gasteiger partial charge is 0.439 e. The molecule has 0 aromatic heterocycles. The molecule has 0 fully saturated rings. The van der Waals surface area contributed by atoms with Gasteiger partial charge in [0.1, 0.15) is 6.04 Å². The van der Waals surface area contributed by atoms with E-state index in [4.69, 9.17) is 10.5 Å². The smallest absolute Gasteiger partial charge is 0.422 e. The molecule has 0 bridgehead atoms. The Hall–Kier alpha value is -2.82. The number of amides is 2. The van der Waals surface area contributed by atoms with E-state index >= 15 is 0 Å². The van der Waals surface area contributed by atoms with Crippen LogP contribution in [-0.4, -0.2) is 50.5 Å². The van der Waals surface area contributed by atoms with Crippen molar-refractivity contribution in [3.8, 4) is 0 Å². The molecule has 2 N–H and O–H groups in total.